The molecule has 0 atom stereocenters. The summed E-state index contributed by atoms with van der Waals surface area (Å²) in [5.74, 6) is -0.333. The van der Waals surface area contributed by atoms with E-state index < -0.39 is 11.1 Å². The number of carbonyl (C=O) groups is 2. The van der Waals surface area contributed by atoms with E-state index in [4.69, 9.17) is 20.1 Å². The topological polar surface area (TPSA) is 215 Å². The van der Waals surface area contributed by atoms with Crippen molar-refractivity contribution in [2.24, 2.45) is 17.2 Å². The van der Waals surface area contributed by atoms with Gasteiger partial charge in [0.05, 0.1) is 5.09 Å². The first-order valence-corrected chi connectivity index (χ1v) is 2.32. The molecule has 0 fully saturated rings. The minimum atomic E-state index is -1.75. The Labute approximate surface area is 73.4 Å². The van der Waals surface area contributed by atoms with Gasteiger partial charge in [-0.1, -0.05) is 0 Å². The lowest BCUT2D eigenvalue weighted by Gasteiger charge is -1.74. The molecule has 0 saturated carbocycles. The second kappa shape index (κ2) is 16.5. The third kappa shape index (κ3) is 140. The van der Waals surface area contributed by atoms with Crippen LogP contribution in [0.15, 0.2) is 0 Å². The van der Waals surface area contributed by atoms with Crippen molar-refractivity contribution in [3.63, 3.8) is 0 Å². The number of nitrogens with zero attached hydrogens (tertiary/aromatic N) is 1. The van der Waals surface area contributed by atoms with Gasteiger partial charge in [-0.3, -0.25) is 4.79 Å². The second-order valence-electron chi connectivity index (χ2n) is 1.24. The third-order valence-corrected chi connectivity index (χ3v) is 0. The average Bonchev–Trinajstić information content (AvgIpc) is 1.54. The Balaban J connectivity index is -0.0000000450. The number of amides is 3. The highest BCUT2D eigenvalue weighted by Gasteiger charge is 1.61. The number of quaternary nitrogens is 1. The van der Waals surface area contributed by atoms with Crippen LogP contribution >= 0.6 is 0 Å². The highest BCUT2D eigenvalue weighted by molar-refractivity contribution is 5.70. The summed E-state index contributed by atoms with van der Waals surface area (Å²) in [6.45, 7) is 1.31. The fourth-order valence-corrected chi connectivity index (χ4v) is 0. The van der Waals surface area contributed by atoms with Crippen LogP contribution in [0.25, 0.3) is 0 Å². The molecule has 0 bridgehead atoms. The average molecular weight is 199 g/mol. The van der Waals surface area contributed by atoms with E-state index in [1.807, 2.05) is 0 Å². The highest BCUT2D eigenvalue weighted by atomic mass is 16.9. The van der Waals surface area contributed by atoms with Crippen LogP contribution in [0.1, 0.15) is 6.92 Å². The molecule has 0 aliphatic carbocycles. The molecule has 0 radical (unpaired) electrons. The summed E-state index contributed by atoms with van der Waals surface area (Å²) >= 11 is 0. The number of hydrogen-bond donors (Lipinski definition) is 4. The molecule has 0 unspecified atom stereocenters. The smallest absolute Gasteiger partial charge is 0.309 e. The Morgan fingerprint density at radius 3 is 1.15 bits per heavy atom. The summed E-state index contributed by atoms with van der Waals surface area (Å²) in [6, 6.07) is -0.833. The van der Waals surface area contributed by atoms with Crippen LogP contribution in [0.2, 0.25) is 0 Å². The number of nitrogens with two attached hydrogens (primary N) is 3. The Morgan fingerprint density at radius 2 is 1.15 bits per heavy atom. The molecule has 0 aromatic rings. The van der Waals surface area contributed by atoms with Gasteiger partial charge in [-0.2, -0.15) is 0 Å². The summed E-state index contributed by atoms with van der Waals surface area (Å²) in [5, 5.41) is 14.8. The predicted molar refractivity (Wildman–Crippen MR) is 45.0 cm³/mol. The normalized spacial score (nSPS) is 5.62. The molecule has 0 aliphatic heterocycles. The summed E-state index contributed by atoms with van der Waals surface area (Å²) < 4.78 is 0. The van der Waals surface area contributed by atoms with Gasteiger partial charge in [-0.25, -0.2) is 4.79 Å². The van der Waals surface area contributed by atoms with Crippen molar-refractivity contribution in [2.75, 3.05) is 0 Å². The van der Waals surface area contributed by atoms with Gasteiger partial charge in [0.15, 0.2) is 0 Å². The van der Waals surface area contributed by atoms with E-state index in [1.54, 1.807) is 0 Å². The Kier molecular flexibility index (Phi) is 28.4. The number of rotatable bonds is 0. The third-order valence-electron chi connectivity index (χ3n) is 0. The maximum Gasteiger partial charge on any atom is 0.309 e. The van der Waals surface area contributed by atoms with Crippen LogP contribution in [0.3, 0.4) is 0 Å². The van der Waals surface area contributed by atoms with Crippen molar-refractivity contribution < 1.29 is 14.7 Å². The number of primary amides is 3. The van der Waals surface area contributed by atoms with Gasteiger partial charge in [0.25, 0.3) is 0 Å². The molecule has 0 spiro atoms. The summed E-state index contributed by atoms with van der Waals surface area (Å²) in [6.07, 6.45) is 0. The van der Waals surface area contributed by atoms with Crippen molar-refractivity contribution >= 4 is 11.9 Å². The van der Waals surface area contributed by atoms with Crippen LogP contribution < -0.4 is 23.4 Å². The van der Waals surface area contributed by atoms with Gasteiger partial charge in [0.2, 0.25) is 5.91 Å². The Hall–Kier alpha value is -2.10. The van der Waals surface area contributed by atoms with Crippen LogP contribution in [-0.4, -0.2) is 17.0 Å². The molecule has 0 aromatic carbocycles. The van der Waals surface area contributed by atoms with Crippen LogP contribution in [0.5, 0.6) is 0 Å². The molecular formula is C3H13N5O5. The number of carbonyl (C=O) groups excluding carboxylic acids is 2. The monoisotopic (exact) mass is 199 g/mol. The lowest BCUT2D eigenvalue weighted by Crippen LogP contribution is -2.18. The zero-order valence-electron chi connectivity index (χ0n) is 7.22. The zero-order chi connectivity index (χ0) is 10.7. The van der Waals surface area contributed by atoms with E-state index in [0.29, 0.717) is 0 Å². The van der Waals surface area contributed by atoms with Crippen molar-refractivity contribution in [1.82, 2.24) is 6.15 Å². The van der Waals surface area contributed by atoms with Crippen molar-refractivity contribution in [1.29, 1.82) is 0 Å². The highest BCUT2D eigenvalue weighted by Crippen LogP contribution is 1.44. The Morgan fingerprint density at radius 1 is 1.15 bits per heavy atom. The zero-order valence-corrected chi connectivity index (χ0v) is 7.22. The van der Waals surface area contributed by atoms with E-state index in [9.17, 15) is 4.79 Å². The number of hydrogen-bond acceptors (Lipinski definition) is 5. The molecule has 0 heterocycles. The van der Waals surface area contributed by atoms with Gasteiger partial charge < -0.3 is 38.7 Å². The van der Waals surface area contributed by atoms with E-state index >= 15 is 0 Å². The van der Waals surface area contributed by atoms with Gasteiger partial charge in [0.1, 0.15) is 0 Å². The largest absolute Gasteiger partial charge is 0.370 e. The quantitative estimate of drug-likeness (QED) is 0.274. The van der Waals surface area contributed by atoms with Gasteiger partial charge >= 0.3 is 6.03 Å². The van der Waals surface area contributed by atoms with E-state index in [2.05, 4.69) is 17.2 Å². The summed E-state index contributed by atoms with van der Waals surface area (Å²) in [4.78, 5) is 26.5. The first kappa shape index (κ1) is 22.4. The summed E-state index contributed by atoms with van der Waals surface area (Å²) in [5.41, 5.74) is 13.0. The fraction of sp³-hybridized carbons (Fsp3) is 0.333. The molecule has 0 aliphatic rings. The second-order valence-corrected chi connectivity index (χ2v) is 1.24. The van der Waals surface area contributed by atoms with Crippen LogP contribution in [0, 0.1) is 15.3 Å². The first-order valence-electron chi connectivity index (χ1n) is 2.32. The van der Waals surface area contributed by atoms with Gasteiger partial charge in [-0.05, 0) is 0 Å². The number of urea groups is 1. The maximum atomic E-state index is 9.22. The molecule has 10 heteroatoms. The fourth-order valence-electron chi connectivity index (χ4n) is 0. The lowest BCUT2D eigenvalue weighted by atomic mass is 10.8. The molecule has 13 heavy (non-hydrogen) atoms. The van der Waals surface area contributed by atoms with Crippen molar-refractivity contribution in [3.05, 3.63) is 15.3 Å². The molecule has 3 amide bonds. The van der Waals surface area contributed by atoms with E-state index in [-0.39, 0.29) is 12.1 Å². The van der Waals surface area contributed by atoms with Crippen LogP contribution in [0.4, 0.5) is 4.79 Å². The molecule has 10 N–H and O–H groups in total. The molecule has 0 rings (SSSR count). The minimum Gasteiger partial charge on any atom is -0.370 e. The van der Waals surface area contributed by atoms with Gasteiger partial charge in [-0.15, -0.1) is 0 Å². The van der Waals surface area contributed by atoms with Gasteiger partial charge in [0, 0.05) is 6.92 Å². The summed E-state index contributed by atoms with van der Waals surface area (Å²) in [7, 11) is 0. The lowest BCUT2D eigenvalue weighted by molar-refractivity contribution is -0.402. The maximum absolute atomic E-state index is 9.22. The molecule has 0 aromatic heterocycles. The first-order chi connectivity index (χ1) is 5.20. The standard InChI is InChI=1S/C2H5NO.CH4N2O.NO3.H3N/c1-2(3)4;2*2-1(3)4;/h1H3,(H2,3,4);(H4,2,3,4);;1H3/q;;-1;/p+1. The van der Waals surface area contributed by atoms with Crippen LogP contribution in [-0.2, 0) is 4.79 Å². The molecular weight excluding hydrogens is 186 g/mol. The van der Waals surface area contributed by atoms with E-state index in [1.165, 1.54) is 6.92 Å². The van der Waals surface area contributed by atoms with E-state index in [0.717, 1.165) is 0 Å². The molecule has 80 valence electrons. The minimum absolute atomic E-state index is 0. The van der Waals surface area contributed by atoms with Crippen molar-refractivity contribution in [2.45, 2.75) is 6.92 Å². The Bertz CT molecular complexity index is 118. The predicted octanol–water partition coefficient (Wildman–Crippen LogP) is -1.35. The molecule has 10 nitrogen and oxygen atoms in total. The SMILES string of the molecule is CC(N)=O.NC(N)=O.O=[N+]([O-])[O-].[NH4+]. The molecule has 0 saturated heterocycles. The van der Waals surface area contributed by atoms with Crippen molar-refractivity contribution in [3.8, 4) is 0 Å².